The van der Waals surface area contributed by atoms with Crippen molar-refractivity contribution in [2.45, 2.75) is 46.6 Å². The molecule has 0 spiro atoms. The highest BCUT2D eigenvalue weighted by molar-refractivity contribution is 7.16. The van der Waals surface area contributed by atoms with Crippen LogP contribution in [0.4, 0.5) is 5.00 Å². The van der Waals surface area contributed by atoms with Crippen molar-refractivity contribution in [3.63, 3.8) is 0 Å². The summed E-state index contributed by atoms with van der Waals surface area (Å²) in [7, 11) is 1.35. The molecule has 0 unspecified atom stereocenters. The zero-order valence-electron chi connectivity index (χ0n) is 22.6. The average Bonchev–Trinajstić information content (AvgIpc) is 3.69. The van der Waals surface area contributed by atoms with Gasteiger partial charge in [-0.2, -0.15) is 0 Å². The number of fused-ring (bicyclic) bond motifs is 1. The van der Waals surface area contributed by atoms with Crippen LogP contribution in [0.5, 0.6) is 0 Å². The molecule has 7 nitrogen and oxygen atoms in total. The third-order valence-electron chi connectivity index (χ3n) is 7.21. The third-order valence-corrected chi connectivity index (χ3v) is 8.37. The minimum atomic E-state index is -0.404. The fraction of sp³-hybridized carbons (Fsp3) is 0.323. The summed E-state index contributed by atoms with van der Waals surface area (Å²) in [5.74, 6) is 1.85. The van der Waals surface area contributed by atoms with Crippen molar-refractivity contribution in [3.8, 4) is 11.3 Å². The maximum absolute atomic E-state index is 13.4. The summed E-state index contributed by atoms with van der Waals surface area (Å²) in [6, 6.07) is 14.4. The number of hydrogen-bond donors (Lipinski definition) is 1. The minimum Gasteiger partial charge on any atom is -0.467 e. The SMILES string of the molecule is COC(=O)c1cccc(-c2ccc(C=Nc3sc4c(c3C(=O)NCc3ccco3)CC[C@H](C(C)(C)C)C4)o2)c1. The highest BCUT2D eigenvalue weighted by Crippen LogP contribution is 2.45. The zero-order valence-corrected chi connectivity index (χ0v) is 23.4. The number of hydrogen-bond acceptors (Lipinski definition) is 7. The Morgan fingerprint density at radius 3 is 2.77 bits per heavy atom. The first-order valence-corrected chi connectivity index (χ1v) is 13.8. The van der Waals surface area contributed by atoms with Gasteiger partial charge in [0.2, 0.25) is 0 Å². The molecule has 0 radical (unpaired) electrons. The molecule has 202 valence electrons. The van der Waals surface area contributed by atoms with Crippen molar-refractivity contribution in [2.24, 2.45) is 16.3 Å². The van der Waals surface area contributed by atoms with Crippen molar-refractivity contribution in [1.82, 2.24) is 5.32 Å². The van der Waals surface area contributed by atoms with E-state index in [1.165, 1.54) is 12.0 Å². The molecule has 0 saturated carbocycles. The largest absolute Gasteiger partial charge is 0.467 e. The second-order valence-corrected chi connectivity index (χ2v) is 11.9. The number of aliphatic imine (C=N–C) groups is 1. The monoisotopic (exact) mass is 544 g/mol. The predicted octanol–water partition coefficient (Wildman–Crippen LogP) is 7.22. The molecular weight excluding hydrogens is 512 g/mol. The van der Waals surface area contributed by atoms with E-state index in [0.717, 1.165) is 30.4 Å². The standard InChI is InChI=1S/C31H32N2O5S/c1-31(2,3)21-10-12-24-26(16-21)39-29(27(24)28(34)32-17-22-9-6-14-37-22)33-18-23-11-13-25(38-23)19-7-5-8-20(15-19)30(35)36-4/h5-9,11,13-15,18,21H,10,12,16-17H2,1-4H3,(H,32,34)/t21-/m0/s1. The molecule has 4 aromatic rings. The Morgan fingerprint density at radius 2 is 2.03 bits per heavy atom. The van der Waals surface area contributed by atoms with Crippen LogP contribution in [-0.4, -0.2) is 25.2 Å². The maximum Gasteiger partial charge on any atom is 0.337 e. The number of rotatable bonds is 7. The number of methoxy groups -OCH3 is 1. The van der Waals surface area contributed by atoms with Gasteiger partial charge in [0.15, 0.2) is 0 Å². The van der Waals surface area contributed by atoms with Crippen molar-refractivity contribution in [1.29, 1.82) is 0 Å². The maximum atomic E-state index is 13.4. The predicted molar refractivity (Wildman–Crippen MR) is 152 cm³/mol. The topological polar surface area (TPSA) is 94.0 Å². The molecule has 8 heteroatoms. The summed E-state index contributed by atoms with van der Waals surface area (Å²) in [5.41, 5.74) is 3.15. The highest BCUT2D eigenvalue weighted by Gasteiger charge is 2.33. The Balaban J connectivity index is 1.42. The van der Waals surface area contributed by atoms with Gasteiger partial charge in [0.1, 0.15) is 22.3 Å². The molecular formula is C31H32N2O5S. The number of carbonyl (C=O) groups is 2. The van der Waals surface area contributed by atoms with Gasteiger partial charge >= 0.3 is 5.97 Å². The van der Waals surface area contributed by atoms with Gasteiger partial charge in [0, 0.05) is 10.4 Å². The van der Waals surface area contributed by atoms with Crippen LogP contribution in [0.25, 0.3) is 11.3 Å². The van der Waals surface area contributed by atoms with Crippen LogP contribution in [0.1, 0.15) is 69.9 Å². The Bertz CT molecular complexity index is 1500. The molecule has 5 rings (SSSR count). The number of esters is 1. The van der Waals surface area contributed by atoms with Crippen molar-refractivity contribution < 1.29 is 23.2 Å². The molecule has 3 aromatic heterocycles. The summed E-state index contributed by atoms with van der Waals surface area (Å²) >= 11 is 1.59. The first-order chi connectivity index (χ1) is 18.7. The fourth-order valence-corrected chi connectivity index (χ4v) is 6.19. The van der Waals surface area contributed by atoms with Crippen LogP contribution in [0, 0.1) is 11.3 Å². The average molecular weight is 545 g/mol. The van der Waals surface area contributed by atoms with Crippen molar-refractivity contribution >= 4 is 34.4 Å². The van der Waals surface area contributed by atoms with Crippen LogP contribution in [0.3, 0.4) is 0 Å². The van der Waals surface area contributed by atoms with Gasteiger partial charge in [0.25, 0.3) is 5.91 Å². The van der Waals surface area contributed by atoms with Gasteiger partial charge in [-0.3, -0.25) is 4.79 Å². The number of benzene rings is 1. The molecule has 3 heterocycles. The van der Waals surface area contributed by atoms with E-state index in [4.69, 9.17) is 18.6 Å². The molecule has 0 fully saturated rings. The van der Waals surface area contributed by atoms with Crippen molar-refractivity contribution in [2.75, 3.05) is 7.11 Å². The summed E-state index contributed by atoms with van der Waals surface area (Å²) in [6.45, 7) is 7.15. The van der Waals surface area contributed by atoms with E-state index in [2.05, 4.69) is 26.1 Å². The number of nitrogens with one attached hydrogen (secondary N) is 1. The van der Waals surface area contributed by atoms with E-state index in [9.17, 15) is 9.59 Å². The van der Waals surface area contributed by atoms with Crippen LogP contribution < -0.4 is 5.32 Å². The van der Waals surface area contributed by atoms with Gasteiger partial charge in [-0.05, 0) is 72.6 Å². The fourth-order valence-electron chi connectivity index (χ4n) is 4.92. The number of amides is 1. The first kappa shape index (κ1) is 26.7. The Hall–Kier alpha value is -3.91. The number of carbonyl (C=O) groups excluding carboxylic acids is 2. The van der Waals surface area contributed by atoms with E-state index >= 15 is 0 Å². The Kier molecular flexibility index (Phi) is 7.57. The van der Waals surface area contributed by atoms with Gasteiger partial charge in [0.05, 0.1) is 37.3 Å². The molecule has 1 atom stereocenters. The molecule has 0 aliphatic heterocycles. The van der Waals surface area contributed by atoms with Crippen LogP contribution in [-0.2, 0) is 24.1 Å². The molecule has 0 saturated heterocycles. The molecule has 1 aliphatic rings. The lowest BCUT2D eigenvalue weighted by molar-refractivity contribution is 0.0600. The highest BCUT2D eigenvalue weighted by atomic mass is 32.1. The molecule has 1 aliphatic carbocycles. The van der Waals surface area contributed by atoms with Crippen LogP contribution in [0.2, 0.25) is 0 Å². The van der Waals surface area contributed by atoms with E-state index in [1.54, 1.807) is 48.1 Å². The summed E-state index contributed by atoms with van der Waals surface area (Å²) < 4.78 is 16.2. The van der Waals surface area contributed by atoms with E-state index in [1.807, 2.05) is 24.3 Å². The number of ether oxygens (including phenoxy) is 1. The Morgan fingerprint density at radius 1 is 1.18 bits per heavy atom. The molecule has 39 heavy (non-hydrogen) atoms. The summed E-state index contributed by atoms with van der Waals surface area (Å²) in [5, 5.41) is 3.68. The van der Waals surface area contributed by atoms with Gasteiger partial charge < -0.3 is 18.9 Å². The number of furan rings is 2. The summed E-state index contributed by atoms with van der Waals surface area (Å²) in [6.07, 6.45) is 6.09. The van der Waals surface area contributed by atoms with E-state index < -0.39 is 5.97 Å². The Labute approximate surface area is 231 Å². The first-order valence-electron chi connectivity index (χ1n) is 13.0. The van der Waals surface area contributed by atoms with Crippen LogP contribution in [0.15, 0.2) is 68.6 Å². The quantitative estimate of drug-likeness (QED) is 0.196. The van der Waals surface area contributed by atoms with E-state index in [0.29, 0.717) is 45.9 Å². The molecule has 0 bridgehead atoms. The third kappa shape index (κ3) is 5.91. The second-order valence-electron chi connectivity index (χ2n) is 10.8. The molecule has 1 aromatic carbocycles. The minimum absolute atomic E-state index is 0.148. The van der Waals surface area contributed by atoms with Gasteiger partial charge in [-0.15, -0.1) is 11.3 Å². The molecule has 1 amide bonds. The van der Waals surface area contributed by atoms with E-state index in [-0.39, 0.29) is 11.3 Å². The lowest BCUT2D eigenvalue weighted by atomic mass is 9.72. The molecule has 1 N–H and O–H groups in total. The van der Waals surface area contributed by atoms with Crippen molar-refractivity contribution in [3.05, 3.63) is 87.9 Å². The number of thiophene rings is 1. The normalized spacial score (nSPS) is 15.3. The smallest absolute Gasteiger partial charge is 0.337 e. The second kappa shape index (κ2) is 11.1. The number of nitrogens with zero attached hydrogens (tertiary/aromatic N) is 1. The summed E-state index contributed by atoms with van der Waals surface area (Å²) in [4.78, 5) is 31.3. The van der Waals surface area contributed by atoms with Gasteiger partial charge in [-0.1, -0.05) is 32.9 Å². The lowest BCUT2D eigenvalue weighted by Gasteiger charge is -2.33. The lowest BCUT2D eigenvalue weighted by Crippen LogP contribution is -2.28. The van der Waals surface area contributed by atoms with Crippen LogP contribution >= 0.6 is 11.3 Å². The van der Waals surface area contributed by atoms with Gasteiger partial charge in [-0.25, -0.2) is 9.79 Å². The zero-order chi connectivity index (χ0) is 27.6.